The van der Waals surface area contributed by atoms with Crippen molar-refractivity contribution in [1.82, 2.24) is 0 Å². The van der Waals surface area contributed by atoms with Crippen LogP contribution in [-0.4, -0.2) is 26.2 Å². The smallest absolute Gasteiger partial charge is 0.340 e. The molecule has 4 heteroatoms. The maximum Gasteiger partial charge on any atom is 0.340 e. The molecule has 1 aromatic rings. The number of ether oxygens (including phenoxy) is 1. The van der Waals surface area contributed by atoms with E-state index >= 15 is 0 Å². The van der Waals surface area contributed by atoms with Crippen LogP contribution in [0.3, 0.4) is 0 Å². The van der Waals surface area contributed by atoms with Crippen molar-refractivity contribution in [3.05, 3.63) is 23.8 Å². The van der Waals surface area contributed by atoms with Crippen LogP contribution in [0.4, 0.5) is 11.4 Å². The van der Waals surface area contributed by atoms with Gasteiger partial charge in [-0.05, 0) is 36.5 Å². The molecule has 2 rings (SSSR count). The van der Waals surface area contributed by atoms with Gasteiger partial charge in [0.05, 0.1) is 18.4 Å². The molecule has 1 aromatic carbocycles. The van der Waals surface area contributed by atoms with Gasteiger partial charge in [-0.15, -0.1) is 0 Å². The number of carbonyl (C=O) groups is 1. The first-order chi connectivity index (χ1) is 8.93. The Balaban J connectivity index is 2.36. The molecule has 0 aromatic heterocycles. The molecule has 19 heavy (non-hydrogen) atoms. The molecule has 0 spiro atoms. The summed E-state index contributed by atoms with van der Waals surface area (Å²) >= 11 is 0. The third-order valence-electron chi connectivity index (χ3n) is 3.67. The van der Waals surface area contributed by atoms with Gasteiger partial charge in [-0.1, -0.05) is 13.8 Å². The summed E-state index contributed by atoms with van der Waals surface area (Å²) < 4.78 is 4.85. The number of benzene rings is 1. The van der Waals surface area contributed by atoms with Crippen molar-refractivity contribution >= 4 is 17.3 Å². The summed E-state index contributed by atoms with van der Waals surface area (Å²) in [5.41, 5.74) is 8.11. The lowest BCUT2D eigenvalue weighted by atomic mass is 9.84. The zero-order valence-corrected chi connectivity index (χ0v) is 11.9. The third kappa shape index (κ3) is 3.00. The SMILES string of the molecule is COC(=O)c1cc(N)ccc1N1CCCC(C)(C)C1. The number of hydrogen-bond acceptors (Lipinski definition) is 4. The van der Waals surface area contributed by atoms with Gasteiger partial charge in [0.2, 0.25) is 0 Å². The van der Waals surface area contributed by atoms with Gasteiger partial charge in [-0.2, -0.15) is 0 Å². The molecule has 104 valence electrons. The Morgan fingerprint density at radius 2 is 2.16 bits per heavy atom. The number of nitrogen functional groups attached to an aromatic ring is 1. The second kappa shape index (κ2) is 5.11. The molecule has 0 amide bonds. The maximum absolute atomic E-state index is 11.9. The van der Waals surface area contributed by atoms with E-state index in [2.05, 4.69) is 18.7 Å². The molecule has 0 bridgehead atoms. The normalized spacial score (nSPS) is 18.2. The Hall–Kier alpha value is -1.71. The molecular formula is C15H22N2O2. The van der Waals surface area contributed by atoms with Crippen LogP contribution in [-0.2, 0) is 4.74 Å². The van der Waals surface area contributed by atoms with E-state index in [0.717, 1.165) is 25.2 Å². The van der Waals surface area contributed by atoms with E-state index in [9.17, 15) is 4.79 Å². The summed E-state index contributed by atoms with van der Waals surface area (Å²) in [6.07, 6.45) is 2.35. The first kappa shape index (κ1) is 13.7. The lowest BCUT2D eigenvalue weighted by Gasteiger charge is -2.40. The quantitative estimate of drug-likeness (QED) is 0.657. The Labute approximate surface area is 114 Å². The van der Waals surface area contributed by atoms with Crippen LogP contribution < -0.4 is 10.6 Å². The molecule has 0 radical (unpaired) electrons. The van der Waals surface area contributed by atoms with E-state index in [0.29, 0.717) is 11.3 Å². The van der Waals surface area contributed by atoms with Crippen molar-refractivity contribution in [2.45, 2.75) is 26.7 Å². The summed E-state index contributed by atoms with van der Waals surface area (Å²) in [5, 5.41) is 0. The average Bonchev–Trinajstić information content (AvgIpc) is 2.36. The highest BCUT2D eigenvalue weighted by Gasteiger charge is 2.28. The van der Waals surface area contributed by atoms with Crippen molar-refractivity contribution in [3.8, 4) is 0 Å². The van der Waals surface area contributed by atoms with Gasteiger partial charge in [0.1, 0.15) is 0 Å². The fourth-order valence-corrected chi connectivity index (χ4v) is 2.73. The van der Waals surface area contributed by atoms with Gasteiger partial charge >= 0.3 is 5.97 Å². The fraction of sp³-hybridized carbons (Fsp3) is 0.533. The number of nitrogens with zero attached hydrogens (tertiary/aromatic N) is 1. The molecule has 1 aliphatic rings. The zero-order valence-electron chi connectivity index (χ0n) is 11.9. The second-order valence-corrected chi connectivity index (χ2v) is 5.96. The zero-order chi connectivity index (χ0) is 14.0. The van der Waals surface area contributed by atoms with Crippen LogP contribution in [0.1, 0.15) is 37.0 Å². The predicted octanol–water partition coefficient (Wildman–Crippen LogP) is 2.68. The van der Waals surface area contributed by atoms with Crippen LogP contribution in [0.15, 0.2) is 18.2 Å². The highest BCUT2D eigenvalue weighted by atomic mass is 16.5. The molecule has 0 unspecified atom stereocenters. The summed E-state index contributed by atoms with van der Waals surface area (Å²) in [6.45, 7) is 6.43. The van der Waals surface area contributed by atoms with Crippen molar-refractivity contribution in [2.24, 2.45) is 5.41 Å². The van der Waals surface area contributed by atoms with Crippen LogP contribution in [0.5, 0.6) is 0 Å². The number of anilines is 2. The third-order valence-corrected chi connectivity index (χ3v) is 3.67. The molecular weight excluding hydrogens is 240 g/mol. The van der Waals surface area contributed by atoms with Gasteiger partial charge < -0.3 is 15.4 Å². The topological polar surface area (TPSA) is 55.6 Å². The highest BCUT2D eigenvalue weighted by Crippen LogP contribution is 2.33. The highest BCUT2D eigenvalue weighted by molar-refractivity contribution is 5.97. The largest absolute Gasteiger partial charge is 0.465 e. The Morgan fingerprint density at radius 3 is 2.79 bits per heavy atom. The lowest BCUT2D eigenvalue weighted by Crippen LogP contribution is -2.40. The number of piperidine rings is 1. The van der Waals surface area contributed by atoms with E-state index in [1.807, 2.05) is 12.1 Å². The van der Waals surface area contributed by atoms with Crippen molar-refractivity contribution in [1.29, 1.82) is 0 Å². The molecule has 4 nitrogen and oxygen atoms in total. The first-order valence-electron chi connectivity index (χ1n) is 6.66. The van der Waals surface area contributed by atoms with Crippen LogP contribution in [0, 0.1) is 5.41 Å². The molecule has 1 heterocycles. The maximum atomic E-state index is 11.9. The van der Waals surface area contributed by atoms with E-state index in [4.69, 9.17) is 10.5 Å². The summed E-state index contributed by atoms with van der Waals surface area (Å²) in [7, 11) is 1.40. The number of rotatable bonds is 2. The van der Waals surface area contributed by atoms with Gasteiger partial charge in [0.15, 0.2) is 0 Å². The minimum Gasteiger partial charge on any atom is -0.465 e. The minimum atomic E-state index is -0.328. The summed E-state index contributed by atoms with van der Waals surface area (Å²) in [4.78, 5) is 14.1. The van der Waals surface area contributed by atoms with Crippen molar-refractivity contribution in [3.63, 3.8) is 0 Å². The van der Waals surface area contributed by atoms with Crippen LogP contribution in [0.25, 0.3) is 0 Å². The van der Waals surface area contributed by atoms with E-state index < -0.39 is 0 Å². The minimum absolute atomic E-state index is 0.271. The lowest BCUT2D eigenvalue weighted by molar-refractivity contribution is 0.0601. The first-order valence-corrected chi connectivity index (χ1v) is 6.66. The van der Waals surface area contributed by atoms with E-state index in [1.54, 1.807) is 6.07 Å². The average molecular weight is 262 g/mol. The Bertz CT molecular complexity index is 483. The molecule has 1 fully saturated rings. The fourth-order valence-electron chi connectivity index (χ4n) is 2.73. The predicted molar refractivity (Wildman–Crippen MR) is 77.4 cm³/mol. The van der Waals surface area contributed by atoms with E-state index in [-0.39, 0.29) is 11.4 Å². The molecule has 2 N–H and O–H groups in total. The Kier molecular flexibility index (Phi) is 3.69. The van der Waals surface area contributed by atoms with Gasteiger partial charge in [0, 0.05) is 18.8 Å². The van der Waals surface area contributed by atoms with Crippen molar-refractivity contribution in [2.75, 3.05) is 30.8 Å². The Morgan fingerprint density at radius 1 is 1.42 bits per heavy atom. The van der Waals surface area contributed by atoms with Gasteiger partial charge in [0.25, 0.3) is 0 Å². The standard InChI is InChI=1S/C15H22N2O2/c1-15(2)7-4-8-17(10-15)13-6-5-11(16)9-12(13)14(18)19-3/h5-6,9H,4,7-8,10,16H2,1-3H3. The van der Waals surface area contributed by atoms with Crippen LogP contribution >= 0.6 is 0 Å². The molecule has 1 aliphatic heterocycles. The number of hydrogen-bond donors (Lipinski definition) is 1. The summed E-state index contributed by atoms with van der Waals surface area (Å²) in [5.74, 6) is -0.328. The summed E-state index contributed by atoms with van der Waals surface area (Å²) in [6, 6.07) is 5.45. The second-order valence-electron chi connectivity index (χ2n) is 5.96. The van der Waals surface area contributed by atoms with E-state index in [1.165, 1.54) is 13.5 Å². The molecule has 1 saturated heterocycles. The van der Waals surface area contributed by atoms with Gasteiger partial charge in [-0.25, -0.2) is 4.79 Å². The molecule has 0 aliphatic carbocycles. The molecule has 0 saturated carbocycles. The number of carbonyl (C=O) groups excluding carboxylic acids is 1. The van der Waals surface area contributed by atoms with Crippen LogP contribution in [0.2, 0.25) is 0 Å². The molecule has 0 atom stereocenters. The number of nitrogens with two attached hydrogens (primary N) is 1. The number of esters is 1. The monoisotopic (exact) mass is 262 g/mol. The van der Waals surface area contributed by atoms with Gasteiger partial charge in [-0.3, -0.25) is 0 Å². The van der Waals surface area contributed by atoms with Crippen molar-refractivity contribution < 1.29 is 9.53 Å². The number of methoxy groups -OCH3 is 1.